The molecule has 9 heteroatoms. The molecule has 0 spiro atoms. The molecule has 136 valence electrons. The van der Waals surface area contributed by atoms with Crippen LogP contribution in [0.1, 0.15) is 20.8 Å². The van der Waals surface area contributed by atoms with Crippen molar-refractivity contribution in [3.63, 3.8) is 0 Å². The van der Waals surface area contributed by atoms with Gasteiger partial charge in [-0.1, -0.05) is 6.07 Å². The molecule has 1 aromatic carbocycles. The van der Waals surface area contributed by atoms with Crippen LogP contribution in [0.5, 0.6) is 0 Å². The van der Waals surface area contributed by atoms with Crippen molar-refractivity contribution in [3.05, 3.63) is 59.0 Å². The Hall–Kier alpha value is -2.94. The number of carbonyl (C=O) groups is 2. The summed E-state index contributed by atoms with van der Waals surface area (Å²) in [4.78, 5) is 30.0. The minimum absolute atomic E-state index is 0.0581. The van der Waals surface area contributed by atoms with Crippen LogP contribution in [0.3, 0.4) is 0 Å². The van der Waals surface area contributed by atoms with Crippen LogP contribution in [0.15, 0.2) is 30.3 Å². The highest BCUT2D eigenvalue weighted by Gasteiger charge is 2.22. The fraction of sp³-hybridized carbons (Fsp3) is 0.235. The van der Waals surface area contributed by atoms with Gasteiger partial charge in [0.2, 0.25) is 0 Å². The largest absolute Gasteiger partial charge is 0.378 e. The molecule has 2 aromatic rings. The molecular weight excluding hydrogens is 351 g/mol. The van der Waals surface area contributed by atoms with Crippen molar-refractivity contribution in [2.24, 2.45) is 0 Å². The third kappa shape index (κ3) is 3.83. The molecule has 0 aliphatic carbocycles. The number of pyridine rings is 1. The fourth-order valence-electron chi connectivity index (χ4n) is 2.49. The number of nitrogens with zero attached hydrogens (tertiary/aromatic N) is 2. The molecule has 2 amide bonds. The molecule has 0 saturated carbocycles. The molecule has 3 rings (SSSR count). The third-order valence-electron chi connectivity index (χ3n) is 3.74. The highest BCUT2D eigenvalue weighted by Crippen LogP contribution is 2.17. The summed E-state index contributed by atoms with van der Waals surface area (Å²) in [7, 11) is 0. The molecular formula is C17H14F3N3O3. The second-order valence-electron chi connectivity index (χ2n) is 5.51. The number of halogens is 3. The van der Waals surface area contributed by atoms with Crippen LogP contribution in [-0.4, -0.2) is 48.0 Å². The smallest absolute Gasteiger partial charge is 0.272 e. The lowest BCUT2D eigenvalue weighted by molar-refractivity contribution is 0.0299. The number of nitrogens with one attached hydrogen (secondary N) is 1. The van der Waals surface area contributed by atoms with Gasteiger partial charge in [0, 0.05) is 25.2 Å². The van der Waals surface area contributed by atoms with Crippen LogP contribution in [0.25, 0.3) is 0 Å². The number of anilines is 1. The lowest BCUT2D eigenvalue weighted by atomic mass is 10.1. The topological polar surface area (TPSA) is 71.5 Å². The van der Waals surface area contributed by atoms with Gasteiger partial charge in [0.1, 0.15) is 34.5 Å². The minimum atomic E-state index is -1.33. The number of morpholine rings is 1. The minimum Gasteiger partial charge on any atom is -0.378 e. The van der Waals surface area contributed by atoms with Crippen molar-refractivity contribution in [1.82, 2.24) is 9.88 Å². The van der Waals surface area contributed by atoms with E-state index < -0.39 is 28.9 Å². The standard InChI is InChI=1S/C17H14F3N3O3/c18-10-8-11(19)15(12(20)9-10)16(24)22-14-3-1-2-13(21-14)17(25)23-4-6-26-7-5-23/h1-3,8-9H,4-7H2,(H,21,22,24). The lowest BCUT2D eigenvalue weighted by Crippen LogP contribution is -2.41. The monoisotopic (exact) mass is 365 g/mol. The van der Waals surface area contributed by atoms with Gasteiger partial charge in [0.05, 0.1) is 13.2 Å². The quantitative estimate of drug-likeness (QED) is 0.906. The molecule has 1 aromatic heterocycles. The van der Waals surface area contributed by atoms with Gasteiger partial charge < -0.3 is 15.0 Å². The Morgan fingerprint density at radius 1 is 1.08 bits per heavy atom. The third-order valence-corrected chi connectivity index (χ3v) is 3.74. The highest BCUT2D eigenvalue weighted by molar-refractivity contribution is 6.04. The predicted molar refractivity (Wildman–Crippen MR) is 85.2 cm³/mol. The van der Waals surface area contributed by atoms with Crippen LogP contribution in [0, 0.1) is 17.5 Å². The summed E-state index contributed by atoms with van der Waals surface area (Å²) in [5.74, 6) is -5.34. The van der Waals surface area contributed by atoms with Gasteiger partial charge in [0.15, 0.2) is 0 Å². The van der Waals surface area contributed by atoms with Crippen LogP contribution in [0.4, 0.5) is 19.0 Å². The van der Waals surface area contributed by atoms with E-state index in [1.165, 1.54) is 18.2 Å². The zero-order valence-corrected chi connectivity index (χ0v) is 13.5. The van der Waals surface area contributed by atoms with Crippen molar-refractivity contribution in [2.45, 2.75) is 0 Å². The average molecular weight is 365 g/mol. The van der Waals surface area contributed by atoms with Crippen molar-refractivity contribution in [2.75, 3.05) is 31.6 Å². The summed E-state index contributed by atoms with van der Waals surface area (Å²) >= 11 is 0. The second kappa shape index (κ2) is 7.52. The van der Waals surface area contributed by atoms with Gasteiger partial charge in [-0.3, -0.25) is 9.59 Å². The van der Waals surface area contributed by atoms with Crippen LogP contribution in [0.2, 0.25) is 0 Å². The van der Waals surface area contributed by atoms with E-state index in [4.69, 9.17) is 4.74 Å². The van der Waals surface area contributed by atoms with E-state index in [0.29, 0.717) is 38.4 Å². The maximum Gasteiger partial charge on any atom is 0.272 e. The summed E-state index contributed by atoms with van der Waals surface area (Å²) in [6, 6.07) is 5.13. The average Bonchev–Trinajstić information content (AvgIpc) is 2.61. The Morgan fingerprint density at radius 3 is 2.38 bits per heavy atom. The van der Waals surface area contributed by atoms with E-state index in [0.717, 1.165) is 0 Å². The van der Waals surface area contributed by atoms with Gasteiger partial charge >= 0.3 is 0 Å². The molecule has 0 atom stereocenters. The molecule has 1 saturated heterocycles. The second-order valence-corrected chi connectivity index (χ2v) is 5.51. The zero-order chi connectivity index (χ0) is 18.7. The summed E-state index contributed by atoms with van der Waals surface area (Å²) < 4.78 is 45.5. The van der Waals surface area contributed by atoms with E-state index in [2.05, 4.69) is 10.3 Å². The number of rotatable bonds is 3. The Labute approximate surface area is 146 Å². The van der Waals surface area contributed by atoms with Gasteiger partial charge in [-0.05, 0) is 12.1 Å². The first-order valence-corrected chi connectivity index (χ1v) is 7.75. The summed E-state index contributed by atoms with van der Waals surface area (Å²) in [5, 5.41) is 2.21. The predicted octanol–water partition coefficient (Wildman–Crippen LogP) is 2.22. The Bertz CT molecular complexity index is 831. The van der Waals surface area contributed by atoms with Gasteiger partial charge in [-0.2, -0.15) is 0 Å². The number of carbonyl (C=O) groups excluding carboxylic acids is 2. The highest BCUT2D eigenvalue weighted by atomic mass is 19.1. The van der Waals surface area contributed by atoms with Gasteiger partial charge in [0.25, 0.3) is 11.8 Å². The van der Waals surface area contributed by atoms with Crippen LogP contribution in [-0.2, 0) is 4.74 Å². The SMILES string of the molecule is O=C(Nc1cccc(C(=O)N2CCOCC2)n1)c1c(F)cc(F)cc1F. The molecule has 1 aliphatic rings. The van der Waals surface area contributed by atoms with Crippen LogP contribution >= 0.6 is 0 Å². The Morgan fingerprint density at radius 2 is 1.73 bits per heavy atom. The lowest BCUT2D eigenvalue weighted by Gasteiger charge is -2.26. The maximum absolute atomic E-state index is 13.7. The van der Waals surface area contributed by atoms with E-state index in [1.54, 1.807) is 4.90 Å². The van der Waals surface area contributed by atoms with Crippen LogP contribution < -0.4 is 5.32 Å². The summed E-state index contributed by atoms with van der Waals surface area (Å²) in [6.07, 6.45) is 0. The van der Waals surface area contributed by atoms with Crippen molar-refractivity contribution in [1.29, 1.82) is 0 Å². The molecule has 1 N–H and O–H groups in total. The first-order chi connectivity index (χ1) is 12.5. The Balaban J connectivity index is 1.78. The van der Waals surface area contributed by atoms with Gasteiger partial charge in [-0.25, -0.2) is 18.2 Å². The van der Waals surface area contributed by atoms with E-state index in [9.17, 15) is 22.8 Å². The molecule has 1 fully saturated rings. The van der Waals surface area contributed by atoms with E-state index in [1.807, 2.05) is 0 Å². The number of amides is 2. The molecule has 0 radical (unpaired) electrons. The number of aromatic nitrogens is 1. The van der Waals surface area contributed by atoms with E-state index >= 15 is 0 Å². The van der Waals surface area contributed by atoms with Crippen molar-refractivity contribution < 1.29 is 27.5 Å². The van der Waals surface area contributed by atoms with Gasteiger partial charge in [-0.15, -0.1) is 0 Å². The molecule has 0 unspecified atom stereocenters. The summed E-state index contributed by atoms with van der Waals surface area (Å²) in [6.45, 7) is 1.68. The normalized spacial score (nSPS) is 14.2. The molecule has 26 heavy (non-hydrogen) atoms. The Kier molecular flexibility index (Phi) is 5.17. The number of hydrogen-bond acceptors (Lipinski definition) is 4. The maximum atomic E-state index is 13.7. The molecule has 6 nitrogen and oxygen atoms in total. The molecule has 2 heterocycles. The zero-order valence-electron chi connectivity index (χ0n) is 13.5. The van der Waals surface area contributed by atoms with Crippen molar-refractivity contribution >= 4 is 17.6 Å². The van der Waals surface area contributed by atoms with Crippen molar-refractivity contribution in [3.8, 4) is 0 Å². The number of benzene rings is 1. The van der Waals surface area contributed by atoms with E-state index in [-0.39, 0.29) is 17.4 Å². The number of hydrogen-bond donors (Lipinski definition) is 1. The first-order valence-electron chi connectivity index (χ1n) is 7.75. The number of ether oxygens (including phenoxy) is 1. The summed E-state index contributed by atoms with van der Waals surface area (Å²) in [5.41, 5.74) is -0.858. The first kappa shape index (κ1) is 17.9. The molecule has 1 aliphatic heterocycles. The fourth-order valence-corrected chi connectivity index (χ4v) is 2.49. The molecule has 0 bridgehead atoms.